The average Bonchev–Trinajstić information content (AvgIpc) is 2.83. The smallest absolute Gasteiger partial charge is 0.271 e. The van der Waals surface area contributed by atoms with Gasteiger partial charge in [0.05, 0.1) is 12.3 Å². The fraction of sp³-hybridized carbons (Fsp3) is 0.0909. The molecule has 0 atom stereocenters. The van der Waals surface area contributed by atoms with E-state index in [9.17, 15) is 12.8 Å². The minimum Gasteiger partial charge on any atom is -0.391 e. The van der Waals surface area contributed by atoms with E-state index in [1.165, 1.54) is 24.3 Å². The average molecular weight is 366 g/mol. The molecule has 0 spiro atoms. The number of aliphatic hydroxyl groups is 1. The van der Waals surface area contributed by atoms with Crippen molar-refractivity contribution in [1.82, 2.24) is 0 Å². The summed E-state index contributed by atoms with van der Waals surface area (Å²) < 4.78 is 40.0. The number of rotatable bonds is 4. The predicted octanol–water partition coefficient (Wildman–Crippen LogP) is 2.94. The van der Waals surface area contributed by atoms with E-state index in [0.29, 0.717) is 9.35 Å². The van der Waals surface area contributed by atoms with Gasteiger partial charge in [0, 0.05) is 9.35 Å². The molecule has 2 rings (SSSR count). The molecule has 0 radical (unpaired) electrons. The number of aliphatic hydroxyl groups excluding tert-OH is 1. The van der Waals surface area contributed by atoms with Gasteiger partial charge in [-0.15, -0.1) is 11.3 Å². The van der Waals surface area contributed by atoms with Crippen molar-refractivity contribution in [2.45, 2.75) is 10.8 Å². The van der Waals surface area contributed by atoms with Crippen LogP contribution in [0.4, 0.5) is 10.1 Å². The first-order chi connectivity index (χ1) is 8.92. The fourth-order valence-corrected chi connectivity index (χ4v) is 4.12. The van der Waals surface area contributed by atoms with Gasteiger partial charge in [-0.1, -0.05) is 0 Å². The van der Waals surface area contributed by atoms with Crippen molar-refractivity contribution in [3.8, 4) is 0 Å². The van der Waals surface area contributed by atoms with Crippen LogP contribution in [-0.2, 0) is 16.6 Å². The van der Waals surface area contributed by atoms with Crippen LogP contribution in [0.25, 0.3) is 0 Å². The van der Waals surface area contributed by atoms with Crippen LogP contribution in [0, 0.1) is 5.82 Å². The zero-order valence-corrected chi connectivity index (χ0v) is 12.6. The van der Waals surface area contributed by atoms with Gasteiger partial charge in [0.25, 0.3) is 10.0 Å². The van der Waals surface area contributed by atoms with E-state index in [1.54, 1.807) is 0 Å². The first-order valence-electron chi connectivity index (χ1n) is 5.10. The van der Waals surface area contributed by atoms with Crippen LogP contribution in [0.1, 0.15) is 4.88 Å². The van der Waals surface area contributed by atoms with Gasteiger partial charge in [0.15, 0.2) is 0 Å². The Morgan fingerprint density at radius 1 is 1.32 bits per heavy atom. The molecule has 0 saturated heterocycles. The normalized spacial score (nSPS) is 11.5. The number of thiophene rings is 1. The molecule has 0 unspecified atom stereocenters. The number of sulfonamides is 1. The number of benzene rings is 1. The molecule has 2 aromatic rings. The lowest BCUT2D eigenvalue weighted by Crippen LogP contribution is -2.12. The SMILES string of the molecule is O=S(=O)(Nc1cc(F)ccc1Br)c1ccc(CO)s1. The molecular weight excluding hydrogens is 357 g/mol. The lowest BCUT2D eigenvalue weighted by atomic mass is 10.3. The van der Waals surface area contributed by atoms with Crippen molar-refractivity contribution in [2.75, 3.05) is 4.72 Å². The van der Waals surface area contributed by atoms with Gasteiger partial charge in [0.2, 0.25) is 0 Å². The van der Waals surface area contributed by atoms with Gasteiger partial charge >= 0.3 is 0 Å². The van der Waals surface area contributed by atoms with E-state index in [2.05, 4.69) is 20.7 Å². The quantitative estimate of drug-likeness (QED) is 0.875. The first kappa shape index (κ1) is 14.4. The Balaban J connectivity index is 2.33. The third kappa shape index (κ3) is 3.33. The van der Waals surface area contributed by atoms with Crippen LogP contribution in [0.15, 0.2) is 39.0 Å². The lowest BCUT2D eigenvalue weighted by Gasteiger charge is -2.08. The molecular formula is C11H9BrFNO3S2. The van der Waals surface area contributed by atoms with Crippen LogP contribution >= 0.6 is 27.3 Å². The number of hydrogen-bond acceptors (Lipinski definition) is 4. The van der Waals surface area contributed by atoms with Crippen LogP contribution in [0.3, 0.4) is 0 Å². The first-order valence-corrected chi connectivity index (χ1v) is 8.19. The highest BCUT2D eigenvalue weighted by Crippen LogP contribution is 2.28. The molecule has 1 aromatic heterocycles. The Kier molecular flexibility index (Phi) is 4.24. The summed E-state index contributed by atoms with van der Waals surface area (Å²) in [5.74, 6) is -0.539. The van der Waals surface area contributed by atoms with E-state index in [0.717, 1.165) is 17.4 Å². The second-order valence-corrected chi connectivity index (χ2v) is 7.54. The topological polar surface area (TPSA) is 66.4 Å². The Morgan fingerprint density at radius 2 is 2.05 bits per heavy atom. The van der Waals surface area contributed by atoms with Crippen molar-refractivity contribution in [1.29, 1.82) is 0 Å². The molecule has 0 amide bonds. The van der Waals surface area contributed by atoms with Crippen LogP contribution in [0.2, 0.25) is 0 Å². The molecule has 0 bridgehead atoms. The van der Waals surface area contributed by atoms with Gasteiger partial charge in [0.1, 0.15) is 10.0 Å². The second kappa shape index (κ2) is 5.58. The third-order valence-electron chi connectivity index (χ3n) is 2.23. The van der Waals surface area contributed by atoms with Gasteiger partial charge in [-0.3, -0.25) is 4.72 Å². The van der Waals surface area contributed by atoms with E-state index in [1.807, 2.05) is 0 Å². The van der Waals surface area contributed by atoms with Crippen molar-refractivity contribution in [3.63, 3.8) is 0 Å². The molecule has 0 saturated carbocycles. The van der Waals surface area contributed by atoms with Gasteiger partial charge < -0.3 is 5.11 Å². The number of anilines is 1. The molecule has 0 aliphatic carbocycles. The fourth-order valence-electron chi connectivity index (χ4n) is 1.36. The minimum absolute atomic E-state index is 0.0627. The summed E-state index contributed by atoms with van der Waals surface area (Å²) in [7, 11) is -3.78. The monoisotopic (exact) mass is 365 g/mol. The summed E-state index contributed by atoms with van der Waals surface area (Å²) >= 11 is 4.10. The largest absolute Gasteiger partial charge is 0.391 e. The maximum atomic E-state index is 13.1. The molecule has 1 heterocycles. The zero-order chi connectivity index (χ0) is 14.0. The molecule has 0 aliphatic rings. The molecule has 0 fully saturated rings. The van der Waals surface area contributed by atoms with Crippen molar-refractivity contribution in [2.24, 2.45) is 0 Å². The standard InChI is InChI=1S/C11H9BrFNO3S2/c12-9-3-1-7(13)5-10(9)14-19(16,17)11-4-2-8(6-15)18-11/h1-5,14-15H,6H2. The van der Waals surface area contributed by atoms with E-state index < -0.39 is 15.8 Å². The third-order valence-corrected chi connectivity index (χ3v) is 5.85. The number of hydrogen-bond donors (Lipinski definition) is 2. The number of nitrogens with one attached hydrogen (secondary N) is 1. The maximum Gasteiger partial charge on any atom is 0.271 e. The summed E-state index contributed by atoms with van der Waals surface area (Å²) in [6.07, 6.45) is 0. The maximum absolute atomic E-state index is 13.1. The van der Waals surface area contributed by atoms with Crippen LogP contribution < -0.4 is 4.72 Å². The molecule has 19 heavy (non-hydrogen) atoms. The zero-order valence-electron chi connectivity index (χ0n) is 9.43. The van der Waals surface area contributed by atoms with E-state index in [4.69, 9.17) is 5.11 Å². The van der Waals surface area contributed by atoms with Gasteiger partial charge in [-0.05, 0) is 46.3 Å². The van der Waals surface area contributed by atoms with Crippen molar-refractivity contribution >= 4 is 43.0 Å². The highest BCUT2D eigenvalue weighted by atomic mass is 79.9. The van der Waals surface area contributed by atoms with Crippen molar-refractivity contribution < 1.29 is 17.9 Å². The van der Waals surface area contributed by atoms with Crippen LogP contribution in [-0.4, -0.2) is 13.5 Å². The molecule has 4 nitrogen and oxygen atoms in total. The molecule has 102 valence electrons. The highest BCUT2D eigenvalue weighted by Gasteiger charge is 2.18. The number of halogens is 2. The Hall–Kier alpha value is -0.960. The predicted molar refractivity (Wildman–Crippen MR) is 75.2 cm³/mol. The minimum atomic E-state index is -3.78. The second-order valence-electron chi connectivity index (χ2n) is 3.61. The van der Waals surface area contributed by atoms with Crippen molar-refractivity contribution in [3.05, 3.63) is 45.5 Å². The van der Waals surface area contributed by atoms with E-state index >= 15 is 0 Å². The summed E-state index contributed by atoms with van der Waals surface area (Å²) in [6.45, 7) is -0.218. The van der Waals surface area contributed by atoms with Gasteiger partial charge in [-0.2, -0.15) is 0 Å². The Morgan fingerprint density at radius 3 is 2.68 bits per heavy atom. The molecule has 0 aliphatic heterocycles. The summed E-state index contributed by atoms with van der Waals surface area (Å²) in [4.78, 5) is 0.540. The molecule has 8 heteroatoms. The lowest BCUT2D eigenvalue weighted by molar-refractivity contribution is 0.285. The highest BCUT2D eigenvalue weighted by molar-refractivity contribution is 9.10. The summed E-state index contributed by atoms with van der Waals surface area (Å²) in [5, 5.41) is 8.92. The molecule has 2 N–H and O–H groups in total. The van der Waals surface area contributed by atoms with Crippen LogP contribution in [0.5, 0.6) is 0 Å². The van der Waals surface area contributed by atoms with E-state index in [-0.39, 0.29) is 16.5 Å². The summed E-state index contributed by atoms with van der Waals surface area (Å²) in [5.41, 5.74) is 0.124. The molecule has 1 aromatic carbocycles. The van der Waals surface area contributed by atoms with Gasteiger partial charge in [-0.25, -0.2) is 12.8 Å². The Bertz CT molecular complexity index is 700. The Labute approximate surface area is 122 Å². The summed E-state index contributed by atoms with van der Waals surface area (Å²) in [6, 6.07) is 6.64.